The second-order valence-electron chi connectivity index (χ2n) is 7.02. The molecular formula is C23H24N4O3. The van der Waals surface area contributed by atoms with Crippen LogP contribution in [-0.2, 0) is 22.6 Å². The minimum Gasteiger partial charge on any atom is -0.508 e. The maximum Gasteiger partial charge on any atom is 0.240 e. The number of carbonyl (C=O) groups is 2. The number of carbonyl (C=O) groups excluding carboxylic acids is 2. The molecule has 0 bridgehead atoms. The SMILES string of the molecule is NC(=O)[C@H](Cc1ccc(O)cc1)NC(=O)CC(N)=NCc1cccc2ccccc12. The highest BCUT2D eigenvalue weighted by Gasteiger charge is 2.19. The maximum absolute atomic E-state index is 12.3. The first kappa shape index (κ1) is 20.9. The van der Waals surface area contributed by atoms with Crippen molar-refractivity contribution >= 4 is 28.4 Å². The fraction of sp³-hybridized carbons (Fsp3) is 0.174. The predicted molar refractivity (Wildman–Crippen MR) is 117 cm³/mol. The Morgan fingerprint density at radius 3 is 2.40 bits per heavy atom. The fourth-order valence-corrected chi connectivity index (χ4v) is 3.17. The number of hydrogen-bond donors (Lipinski definition) is 4. The van der Waals surface area contributed by atoms with Crippen molar-refractivity contribution in [3.63, 3.8) is 0 Å². The topological polar surface area (TPSA) is 131 Å². The summed E-state index contributed by atoms with van der Waals surface area (Å²) in [6, 6.07) is 19.4. The number of primary amides is 1. The van der Waals surface area contributed by atoms with Crippen molar-refractivity contribution in [3.8, 4) is 5.75 Å². The molecule has 2 amide bonds. The molecular weight excluding hydrogens is 380 g/mol. The quantitative estimate of drug-likeness (QED) is 0.338. The molecule has 30 heavy (non-hydrogen) atoms. The molecule has 3 aromatic carbocycles. The number of rotatable bonds is 8. The molecule has 0 aliphatic rings. The van der Waals surface area contributed by atoms with Crippen molar-refractivity contribution in [2.24, 2.45) is 16.5 Å². The molecule has 6 N–H and O–H groups in total. The van der Waals surface area contributed by atoms with Crippen LogP contribution in [0.5, 0.6) is 5.75 Å². The van der Waals surface area contributed by atoms with Crippen LogP contribution in [0.2, 0.25) is 0 Å². The lowest BCUT2D eigenvalue weighted by atomic mass is 10.0. The Labute approximate surface area is 174 Å². The molecule has 0 radical (unpaired) electrons. The van der Waals surface area contributed by atoms with Gasteiger partial charge in [-0.3, -0.25) is 14.6 Å². The van der Waals surface area contributed by atoms with Gasteiger partial charge < -0.3 is 21.9 Å². The number of amides is 2. The summed E-state index contributed by atoms with van der Waals surface area (Å²) in [6.45, 7) is 0.354. The number of aliphatic imine (C=N–C) groups is 1. The zero-order valence-corrected chi connectivity index (χ0v) is 16.4. The number of phenols is 1. The molecule has 1 atom stereocenters. The summed E-state index contributed by atoms with van der Waals surface area (Å²) in [5.74, 6) is -0.790. The van der Waals surface area contributed by atoms with Gasteiger partial charge in [-0.2, -0.15) is 0 Å². The van der Waals surface area contributed by atoms with Gasteiger partial charge in [-0.15, -0.1) is 0 Å². The highest BCUT2D eigenvalue weighted by molar-refractivity contribution is 6.00. The molecule has 0 heterocycles. The van der Waals surface area contributed by atoms with Gasteiger partial charge in [-0.05, 0) is 34.0 Å². The van der Waals surface area contributed by atoms with E-state index in [1.807, 2.05) is 42.5 Å². The number of benzene rings is 3. The summed E-state index contributed by atoms with van der Waals surface area (Å²) in [6.07, 6.45) is 0.0819. The van der Waals surface area contributed by atoms with Crippen LogP contribution in [0.25, 0.3) is 10.8 Å². The fourth-order valence-electron chi connectivity index (χ4n) is 3.17. The standard InChI is InChI=1S/C23H24N4O3/c24-21(26-14-17-6-3-5-16-4-1-2-7-19(16)17)13-22(29)27-20(23(25)30)12-15-8-10-18(28)11-9-15/h1-11,20,28H,12-14H2,(H2,24,26)(H2,25,30)(H,27,29)/t20-/m0/s1. The second kappa shape index (κ2) is 9.56. The van der Waals surface area contributed by atoms with E-state index in [-0.39, 0.29) is 24.4 Å². The third kappa shape index (κ3) is 5.57. The molecule has 0 aliphatic carbocycles. The van der Waals surface area contributed by atoms with Crippen LogP contribution in [-0.4, -0.2) is 28.8 Å². The zero-order chi connectivity index (χ0) is 21.5. The molecule has 7 nitrogen and oxygen atoms in total. The summed E-state index contributed by atoms with van der Waals surface area (Å²) < 4.78 is 0. The molecule has 7 heteroatoms. The molecule has 154 valence electrons. The molecule has 0 fully saturated rings. The van der Waals surface area contributed by atoms with Gasteiger partial charge in [0.15, 0.2) is 0 Å². The summed E-state index contributed by atoms with van der Waals surface area (Å²) in [4.78, 5) is 28.4. The predicted octanol–water partition coefficient (Wildman–Crippen LogP) is 2.01. The van der Waals surface area contributed by atoms with Crippen molar-refractivity contribution in [1.82, 2.24) is 5.32 Å². The van der Waals surface area contributed by atoms with E-state index in [1.165, 1.54) is 12.1 Å². The van der Waals surface area contributed by atoms with Crippen molar-refractivity contribution in [3.05, 3.63) is 77.9 Å². The second-order valence-corrected chi connectivity index (χ2v) is 7.02. The smallest absolute Gasteiger partial charge is 0.240 e. The van der Waals surface area contributed by atoms with Crippen molar-refractivity contribution in [1.29, 1.82) is 0 Å². The monoisotopic (exact) mass is 404 g/mol. The van der Waals surface area contributed by atoms with Gasteiger partial charge in [0.1, 0.15) is 17.6 Å². The maximum atomic E-state index is 12.3. The third-order valence-corrected chi connectivity index (χ3v) is 4.73. The summed E-state index contributed by atoms with van der Waals surface area (Å²) in [5, 5.41) is 14.1. The van der Waals surface area contributed by atoms with Gasteiger partial charge in [-0.25, -0.2) is 0 Å². The van der Waals surface area contributed by atoms with E-state index >= 15 is 0 Å². The normalized spacial score (nSPS) is 12.5. The van der Waals surface area contributed by atoms with Crippen LogP contribution < -0.4 is 16.8 Å². The molecule has 0 saturated heterocycles. The van der Waals surface area contributed by atoms with E-state index in [4.69, 9.17) is 11.5 Å². The number of amidine groups is 1. The van der Waals surface area contributed by atoms with Gasteiger partial charge in [-0.1, -0.05) is 54.6 Å². The van der Waals surface area contributed by atoms with Gasteiger partial charge in [0.2, 0.25) is 11.8 Å². The number of phenolic OH excluding ortho intramolecular Hbond substituents is 1. The summed E-state index contributed by atoms with van der Waals surface area (Å²) in [5.41, 5.74) is 13.1. The highest BCUT2D eigenvalue weighted by atomic mass is 16.3. The first-order chi connectivity index (χ1) is 14.4. The van der Waals surface area contributed by atoms with E-state index in [0.29, 0.717) is 6.54 Å². The summed E-state index contributed by atoms with van der Waals surface area (Å²) >= 11 is 0. The molecule has 0 saturated carbocycles. The number of fused-ring (bicyclic) bond motifs is 1. The van der Waals surface area contributed by atoms with Crippen LogP contribution >= 0.6 is 0 Å². The Morgan fingerprint density at radius 1 is 0.967 bits per heavy atom. The highest BCUT2D eigenvalue weighted by Crippen LogP contribution is 2.19. The van der Waals surface area contributed by atoms with Crippen molar-refractivity contribution < 1.29 is 14.7 Å². The van der Waals surface area contributed by atoms with E-state index < -0.39 is 17.9 Å². The van der Waals surface area contributed by atoms with Crippen LogP contribution in [0.15, 0.2) is 71.7 Å². The minimum absolute atomic E-state index is 0.119. The van der Waals surface area contributed by atoms with Gasteiger partial charge in [0.25, 0.3) is 0 Å². The van der Waals surface area contributed by atoms with E-state index in [0.717, 1.165) is 21.9 Å². The first-order valence-electron chi connectivity index (χ1n) is 9.54. The lowest BCUT2D eigenvalue weighted by Crippen LogP contribution is -2.46. The minimum atomic E-state index is -0.882. The van der Waals surface area contributed by atoms with E-state index in [1.54, 1.807) is 12.1 Å². The van der Waals surface area contributed by atoms with Gasteiger partial charge in [0, 0.05) is 6.42 Å². The number of aromatic hydroxyl groups is 1. The van der Waals surface area contributed by atoms with Crippen LogP contribution in [0.3, 0.4) is 0 Å². The molecule has 3 rings (SSSR count). The molecule has 0 aromatic heterocycles. The number of nitrogens with one attached hydrogen (secondary N) is 1. The van der Waals surface area contributed by atoms with Crippen LogP contribution in [0, 0.1) is 0 Å². The van der Waals surface area contributed by atoms with E-state index in [9.17, 15) is 14.7 Å². The lowest BCUT2D eigenvalue weighted by Gasteiger charge is -2.15. The summed E-state index contributed by atoms with van der Waals surface area (Å²) in [7, 11) is 0. The van der Waals surface area contributed by atoms with Crippen molar-refractivity contribution in [2.75, 3.05) is 0 Å². The van der Waals surface area contributed by atoms with Gasteiger partial charge in [0.05, 0.1) is 13.0 Å². The Balaban J connectivity index is 1.60. The molecule has 0 aliphatic heterocycles. The Morgan fingerprint density at radius 2 is 1.67 bits per heavy atom. The van der Waals surface area contributed by atoms with Crippen molar-refractivity contribution in [2.45, 2.75) is 25.4 Å². The largest absolute Gasteiger partial charge is 0.508 e. The number of hydrogen-bond acceptors (Lipinski definition) is 4. The van der Waals surface area contributed by atoms with Gasteiger partial charge >= 0.3 is 0 Å². The third-order valence-electron chi connectivity index (χ3n) is 4.73. The average molecular weight is 404 g/mol. The number of nitrogens with zero attached hydrogens (tertiary/aromatic N) is 1. The molecule has 0 unspecified atom stereocenters. The molecule has 0 spiro atoms. The molecule has 3 aromatic rings. The Hall–Kier alpha value is -3.87. The van der Waals surface area contributed by atoms with Crippen LogP contribution in [0.4, 0.5) is 0 Å². The zero-order valence-electron chi connectivity index (χ0n) is 16.4. The number of nitrogens with two attached hydrogens (primary N) is 2. The lowest BCUT2D eigenvalue weighted by molar-refractivity contribution is -0.126. The van der Waals surface area contributed by atoms with E-state index in [2.05, 4.69) is 10.3 Å². The first-order valence-corrected chi connectivity index (χ1v) is 9.54. The van der Waals surface area contributed by atoms with Crippen LogP contribution in [0.1, 0.15) is 17.5 Å². The Kier molecular flexibility index (Phi) is 6.64. The average Bonchev–Trinajstić information content (AvgIpc) is 2.73. The Bertz CT molecular complexity index is 1070.